The summed E-state index contributed by atoms with van der Waals surface area (Å²) >= 11 is 12.1. The fraction of sp³-hybridized carbons (Fsp3) is 0.350. The van der Waals surface area contributed by atoms with Crippen LogP contribution in [0.15, 0.2) is 48.5 Å². The molecular weight excluding hydrogens is 371 g/mol. The first-order valence-electron chi connectivity index (χ1n) is 8.68. The number of amides is 1. The Balaban J connectivity index is 1.61. The SMILES string of the molecule is O=C(CNc1ccccc1Cl)NCC1(c2ccc(Cl)cc2)CCOCC1. The predicted octanol–water partition coefficient (Wildman–Crippen LogP) is 4.27. The highest BCUT2D eigenvalue weighted by molar-refractivity contribution is 6.33. The van der Waals surface area contributed by atoms with Crippen LogP contribution >= 0.6 is 23.2 Å². The Bertz CT molecular complexity index is 744. The molecule has 1 saturated heterocycles. The van der Waals surface area contributed by atoms with E-state index >= 15 is 0 Å². The third-order valence-electron chi connectivity index (χ3n) is 4.84. The van der Waals surface area contributed by atoms with Gasteiger partial charge in [0.15, 0.2) is 0 Å². The fourth-order valence-corrected chi connectivity index (χ4v) is 3.57. The number of para-hydroxylation sites is 1. The highest BCUT2D eigenvalue weighted by Crippen LogP contribution is 2.34. The van der Waals surface area contributed by atoms with Gasteiger partial charge in [-0.1, -0.05) is 47.5 Å². The zero-order valence-corrected chi connectivity index (χ0v) is 15.9. The van der Waals surface area contributed by atoms with Crippen molar-refractivity contribution in [1.29, 1.82) is 0 Å². The van der Waals surface area contributed by atoms with Gasteiger partial charge in [0.2, 0.25) is 5.91 Å². The standard InChI is InChI=1S/C20H22Cl2N2O2/c21-16-7-5-15(6-8-16)20(9-11-26-12-10-20)14-24-19(25)13-23-18-4-2-1-3-17(18)22/h1-8,23H,9-14H2,(H,24,25). The molecule has 0 saturated carbocycles. The number of ether oxygens (including phenoxy) is 1. The molecule has 0 unspecified atom stereocenters. The van der Waals surface area contributed by atoms with Crippen LogP contribution in [0.3, 0.4) is 0 Å². The summed E-state index contributed by atoms with van der Waals surface area (Å²) in [6.07, 6.45) is 1.74. The maximum absolute atomic E-state index is 12.3. The number of halogens is 2. The molecule has 1 aliphatic heterocycles. The van der Waals surface area contributed by atoms with Crippen molar-refractivity contribution in [1.82, 2.24) is 5.32 Å². The smallest absolute Gasteiger partial charge is 0.239 e. The van der Waals surface area contributed by atoms with Gasteiger partial charge in [-0.25, -0.2) is 0 Å². The predicted molar refractivity (Wildman–Crippen MR) is 106 cm³/mol. The quantitative estimate of drug-likeness (QED) is 0.771. The van der Waals surface area contributed by atoms with E-state index in [2.05, 4.69) is 10.6 Å². The lowest BCUT2D eigenvalue weighted by atomic mass is 9.74. The van der Waals surface area contributed by atoms with E-state index in [-0.39, 0.29) is 17.9 Å². The fourth-order valence-electron chi connectivity index (χ4n) is 3.24. The molecule has 0 atom stereocenters. The molecule has 0 spiro atoms. The van der Waals surface area contributed by atoms with Gasteiger partial charge in [-0.05, 0) is 42.7 Å². The van der Waals surface area contributed by atoms with Crippen molar-refractivity contribution in [2.24, 2.45) is 0 Å². The maximum atomic E-state index is 12.3. The lowest BCUT2D eigenvalue weighted by Crippen LogP contribution is -2.45. The molecule has 2 N–H and O–H groups in total. The third kappa shape index (κ3) is 4.70. The summed E-state index contributed by atoms with van der Waals surface area (Å²) in [4.78, 5) is 12.3. The molecule has 2 aromatic carbocycles. The molecule has 0 aliphatic carbocycles. The lowest BCUT2D eigenvalue weighted by Gasteiger charge is -2.38. The van der Waals surface area contributed by atoms with Crippen molar-refractivity contribution in [3.8, 4) is 0 Å². The van der Waals surface area contributed by atoms with Crippen molar-refractivity contribution in [3.63, 3.8) is 0 Å². The first kappa shape index (κ1) is 19.0. The van der Waals surface area contributed by atoms with Crippen molar-refractivity contribution in [3.05, 3.63) is 64.1 Å². The van der Waals surface area contributed by atoms with E-state index in [0.717, 1.165) is 18.5 Å². The van der Waals surface area contributed by atoms with Gasteiger partial charge in [-0.15, -0.1) is 0 Å². The Morgan fingerprint density at radius 2 is 1.73 bits per heavy atom. The monoisotopic (exact) mass is 392 g/mol. The minimum absolute atomic E-state index is 0.0650. The zero-order chi connectivity index (χ0) is 18.4. The first-order chi connectivity index (χ1) is 12.6. The Morgan fingerprint density at radius 1 is 1.04 bits per heavy atom. The minimum atomic E-state index is -0.122. The molecule has 6 heteroatoms. The largest absolute Gasteiger partial charge is 0.381 e. The van der Waals surface area contributed by atoms with Crippen LogP contribution in [0, 0.1) is 0 Å². The average Bonchev–Trinajstić information content (AvgIpc) is 2.67. The second-order valence-electron chi connectivity index (χ2n) is 6.51. The van der Waals surface area contributed by atoms with Crippen LogP contribution in [0.2, 0.25) is 10.0 Å². The van der Waals surface area contributed by atoms with E-state index in [1.807, 2.05) is 42.5 Å². The minimum Gasteiger partial charge on any atom is -0.381 e. The molecule has 1 fully saturated rings. The number of anilines is 1. The molecule has 1 aliphatic rings. The Hall–Kier alpha value is -1.75. The number of benzene rings is 2. The number of hydrogen-bond acceptors (Lipinski definition) is 3. The molecule has 0 aromatic heterocycles. The van der Waals surface area contributed by atoms with Crippen LogP contribution in [0.1, 0.15) is 18.4 Å². The molecule has 26 heavy (non-hydrogen) atoms. The van der Waals surface area contributed by atoms with Crippen molar-refractivity contribution in [2.75, 3.05) is 31.6 Å². The van der Waals surface area contributed by atoms with Crippen molar-refractivity contribution >= 4 is 34.8 Å². The number of carbonyl (C=O) groups excluding carboxylic acids is 1. The topological polar surface area (TPSA) is 50.4 Å². The maximum Gasteiger partial charge on any atom is 0.239 e. The van der Waals surface area contributed by atoms with Gasteiger partial charge >= 0.3 is 0 Å². The van der Waals surface area contributed by atoms with E-state index in [9.17, 15) is 4.79 Å². The van der Waals surface area contributed by atoms with Gasteiger partial charge in [0.05, 0.1) is 17.3 Å². The average molecular weight is 393 g/mol. The number of nitrogens with one attached hydrogen (secondary N) is 2. The van der Waals surface area contributed by atoms with Crippen molar-refractivity contribution in [2.45, 2.75) is 18.3 Å². The molecule has 3 rings (SSSR count). The summed E-state index contributed by atoms with van der Waals surface area (Å²) in [6, 6.07) is 15.3. The van der Waals surface area contributed by atoms with Crippen LogP contribution in [0.4, 0.5) is 5.69 Å². The van der Waals surface area contributed by atoms with E-state index in [1.54, 1.807) is 6.07 Å². The summed E-state index contributed by atoms with van der Waals surface area (Å²) in [7, 11) is 0. The van der Waals surface area contributed by atoms with Crippen LogP contribution in [-0.4, -0.2) is 32.2 Å². The second kappa shape index (κ2) is 8.76. The molecule has 0 bridgehead atoms. The molecule has 0 radical (unpaired) electrons. The van der Waals surface area contributed by atoms with Crippen molar-refractivity contribution < 1.29 is 9.53 Å². The Kier molecular flexibility index (Phi) is 6.41. The number of hydrogen-bond donors (Lipinski definition) is 2. The van der Waals surface area contributed by atoms with Crippen LogP contribution in [-0.2, 0) is 14.9 Å². The summed E-state index contributed by atoms with van der Waals surface area (Å²) in [5.41, 5.74) is 1.82. The van der Waals surface area contributed by atoms with E-state index in [0.29, 0.717) is 29.8 Å². The van der Waals surface area contributed by atoms with Gasteiger partial charge < -0.3 is 15.4 Å². The van der Waals surface area contributed by atoms with Gasteiger partial charge in [-0.2, -0.15) is 0 Å². The van der Waals surface area contributed by atoms with Gasteiger partial charge in [-0.3, -0.25) is 4.79 Å². The van der Waals surface area contributed by atoms with E-state index in [1.165, 1.54) is 5.56 Å². The van der Waals surface area contributed by atoms with Gasteiger partial charge in [0.1, 0.15) is 0 Å². The third-order valence-corrected chi connectivity index (χ3v) is 5.43. The summed E-state index contributed by atoms with van der Waals surface area (Å²) in [5.74, 6) is -0.0650. The zero-order valence-electron chi connectivity index (χ0n) is 14.4. The number of carbonyl (C=O) groups is 1. The first-order valence-corrected chi connectivity index (χ1v) is 9.44. The van der Waals surface area contributed by atoms with Gasteiger partial charge in [0.25, 0.3) is 0 Å². The highest BCUT2D eigenvalue weighted by atomic mass is 35.5. The molecule has 138 valence electrons. The van der Waals surface area contributed by atoms with Crippen LogP contribution in [0.25, 0.3) is 0 Å². The summed E-state index contributed by atoms with van der Waals surface area (Å²) < 4.78 is 5.53. The Morgan fingerprint density at radius 3 is 2.42 bits per heavy atom. The Labute approximate surface area is 163 Å². The van der Waals surface area contributed by atoms with Crippen LogP contribution in [0.5, 0.6) is 0 Å². The summed E-state index contributed by atoms with van der Waals surface area (Å²) in [6.45, 7) is 2.13. The highest BCUT2D eigenvalue weighted by Gasteiger charge is 2.34. The van der Waals surface area contributed by atoms with Crippen LogP contribution < -0.4 is 10.6 Å². The molecule has 1 heterocycles. The molecule has 1 amide bonds. The van der Waals surface area contributed by atoms with E-state index < -0.39 is 0 Å². The van der Waals surface area contributed by atoms with E-state index in [4.69, 9.17) is 27.9 Å². The molecule has 2 aromatic rings. The lowest BCUT2D eigenvalue weighted by molar-refractivity contribution is -0.119. The second-order valence-corrected chi connectivity index (χ2v) is 7.35. The van der Waals surface area contributed by atoms with Gasteiger partial charge in [0, 0.05) is 30.2 Å². The molecule has 4 nitrogen and oxygen atoms in total. The normalized spacial score (nSPS) is 16.1. The summed E-state index contributed by atoms with van der Waals surface area (Å²) in [5, 5.41) is 7.45. The number of rotatable bonds is 6. The molecular formula is C20H22Cl2N2O2.